The summed E-state index contributed by atoms with van der Waals surface area (Å²) in [6.45, 7) is 8.15. The molecule has 0 fully saturated rings. The van der Waals surface area contributed by atoms with Gasteiger partial charge < -0.3 is 10.6 Å². The van der Waals surface area contributed by atoms with Crippen LogP contribution in [0.25, 0.3) is 0 Å². The zero-order chi connectivity index (χ0) is 15.0. The number of aliphatic imine (C=N–C) groups is 1. The number of halogens is 2. The zero-order valence-electron chi connectivity index (χ0n) is 12.7. The van der Waals surface area contributed by atoms with E-state index in [1.165, 1.54) is 0 Å². The minimum Gasteiger partial charge on any atom is -0.357 e. The van der Waals surface area contributed by atoms with E-state index in [0.717, 1.165) is 23.1 Å². The van der Waals surface area contributed by atoms with Crippen LogP contribution in [0.4, 0.5) is 0 Å². The summed E-state index contributed by atoms with van der Waals surface area (Å²) < 4.78 is 0. The quantitative estimate of drug-likeness (QED) is 0.332. The minimum absolute atomic E-state index is 0. The van der Waals surface area contributed by atoms with Gasteiger partial charge in [0.1, 0.15) is 0 Å². The lowest BCUT2D eigenvalue weighted by Crippen LogP contribution is -2.38. The van der Waals surface area contributed by atoms with Gasteiger partial charge in [0.25, 0.3) is 0 Å². The minimum atomic E-state index is -0.142. The molecule has 0 aliphatic carbocycles. The van der Waals surface area contributed by atoms with Gasteiger partial charge in [0.05, 0.1) is 13.1 Å². The van der Waals surface area contributed by atoms with E-state index in [2.05, 4.69) is 35.4 Å². The summed E-state index contributed by atoms with van der Waals surface area (Å²) in [6.07, 6.45) is 5.25. The molecule has 2 N–H and O–H groups in total. The Morgan fingerprint density at radius 2 is 2.00 bits per heavy atom. The second-order valence-electron chi connectivity index (χ2n) is 5.12. The van der Waals surface area contributed by atoms with Gasteiger partial charge in [0, 0.05) is 17.0 Å². The number of rotatable bonds is 5. The molecule has 0 bridgehead atoms. The van der Waals surface area contributed by atoms with Crippen molar-refractivity contribution in [2.24, 2.45) is 4.99 Å². The number of benzene rings is 1. The predicted molar refractivity (Wildman–Crippen MR) is 103 cm³/mol. The van der Waals surface area contributed by atoms with Crippen molar-refractivity contribution in [3.05, 3.63) is 34.9 Å². The molecule has 0 heterocycles. The Morgan fingerprint density at radius 3 is 2.57 bits per heavy atom. The average molecular weight is 420 g/mol. The first kappa shape index (κ1) is 20.1. The molecule has 0 atom stereocenters. The van der Waals surface area contributed by atoms with Crippen LogP contribution in [-0.4, -0.2) is 25.6 Å². The molecule has 5 heteroatoms. The molecule has 21 heavy (non-hydrogen) atoms. The fourth-order valence-corrected chi connectivity index (χ4v) is 2.24. The first-order valence-electron chi connectivity index (χ1n) is 6.72. The Labute approximate surface area is 150 Å². The monoisotopic (exact) mass is 419 g/mol. The van der Waals surface area contributed by atoms with Crippen molar-refractivity contribution in [2.75, 3.05) is 19.6 Å². The standard InChI is InChI=1S/C16H22ClN3.HI/c1-5-11-19-15(18-6-2)20-12-16(3,4)13-9-7-8-10-14(13)17;/h1,7-10H,6,11-12H2,2-4H3,(H2,18,19,20);1H. The highest BCUT2D eigenvalue weighted by atomic mass is 127. The Balaban J connectivity index is 0.00000400. The van der Waals surface area contributed by atoms with E-state index in [1.807, 2.05) is 31.2 Å². The average Bonchev–Trinajstić information content (AvgIpc) is 2.42. The van der Waals surface area contributed by atoms with Gasteiger partial charge in [0.15, 0.2) is 5.96 Å². The molecule has 0 saturated heterocycles. The largest absolute Gasteiger partial charge is 0.357 e. The van der Waals surface area contributed by atoms with Crippen molar-refractivity contribution >= 4 is 41.5 Å². The molecule has 0 saturated carbocycles. The summed E-state index contributed by atoms with van der Waals surface area (Å²) in [6, 6.07) is 7.88. The van der Waals surface area contributed by atoms with Gasteiger partial charge in [-0.25, -0.2) is 0 Å². The second-order valence-corrected chi connectivity index (χ2v) is 5.52. The predicted octanol–water partition coefficient (Wildman–Crippen LogP) is 3.42. The topological polar surface area (TPSA) is 36.4 Å². The van der Waals surface area contributed by atoms with Gasteiger partial charge in [-0.15, -0.1) is 30.4 Å². The Bertz CT molecular complexity index is 506. The van der Waals surface area contributed by atoms with E-state index in [4.69, 9.17) is 18.0 Å². The number of guanidine groups is 1. The summed E-state index contributed by atoms with van der Waals surface area (Å²) in [5.74, 6) is 3.27. The van der Waals surface area contributed by atoms with E-state index in [1.54, 1.807) is 0 Å². The van der Waals surface area contributed by atoms with Crippen LogP contribution >= 0.6 is 35.6 Å². The molecule has 1 aromatic carbocycles. The van der Waals surface area contributed by atoms with Crippen LogP contribution in [0.1, 0.15) is 26.3 Å². The zero-order valence-corrected chi connectivity index (χ0v) is 15.8. The van der Waals surface area contributed by atoms with Gasteiger partial charge in [-0.05, 0) is 18.6 Å². The van der Waals surface area contributed by atoms with Crippen LogP contribution in [0, 0.1) is 12.3 Å². The molecule has 1 aromatic rings. The number of nitrogens with zero attached hydrogens (tertiary/aromatic N) is 1. The summed E-state index contributed by atoms with van der Waals surface area (Å²) in [5.41, 5.74) is 0.954. The van der Waals surface area contributed by atoms with Crippen molar-refractivity contribution in [3.63, 3.8) is 0 Å². The lowest BCUT2D eigenvalue weighted by molar-refractivity contribution is 0.538. The molecule has 116 valence electrons. The highest BCUT2D eigenvalue weighted by molar-refractivity contribution is 14.0. The highest BCUT2D eigenvalue weighted by Gasteiger charge is 2.22. The Hall–Kier alpha value is -0.930. The molecule has 0 aliphatic heterocycles. The van der Waals surface area contributed by atoms with Gasteiger partial charge in [-0.1, -0.05) is 49.6 Å². The fraction of sp³-hybridized carbons (Fsp3) is 0.438. The van der Waals surface area contributed by atoms with E-state index in [9.17, 15) is 0 Å². The van der Waals surface area contributed by atoms with E-state index >= 15 is 0 Å². The highest BCUT2D eigenvalue weighted by Crippen LogP contribution is 2.29. The third-order valence-corrected chi connectivity index (χ3v) is 3.27. The molecule has 0 amide bonds. The van der Waals surface area contributed by atoms with Crippen LogP contribution in [0.3, 0.4) is 0 Å². The smallest absolute Gasteiger partial charge is 0.192 e. The maximum atomic E-state index is 6.26. The van der Waals surface area contributed by atoms with Gasteiger partial charge in [-0.3, -0.25) is 4.99 Å². The van der Waals surface area contributed by atoms with Crippen LogP contribution in [-0.2, 0) is 5.41 Å². The van der Waals surface area contributed by atoms with Crippen LogP contribution in [0.2, 0.25) is 5.02 Å². The molecule has 1 rings (SSSR count). The Kier molecular flexibility index (Phi) is 9.47. The van der Waals surface area contributed by atoms with Gasteiger partial charge in [0.2, 0.25) is 0 Å². The lowest BCUT2D eigenvalue weighted by Gasteiger charge is -2.25. The van der Waals surface area contributed by atoms with Gasteiger partial charge in [-0.2, -0.15) is 0 Å². The third-order valence-electron chi connectivity index (χ3n) is 2.94. The van der Waals surface area contributed by atoms with E-state index in [0.29, 0.717) is 13.1 Å². The third kappa shape index (κ3) is 6.58. The molecule has 0 radical (unpaired) electrons. The molecule has 3 nitrogen and oxygen atoms in total. The van der Waals surface area contributed by atoms with Crippen molar-refractivity contribution < 1.29 is 0 Å². The molecular formula is C16H23ClIN3. The maximum absolute atomic E-state index is 6.26. The number of hydrogen-bond acceptors (Lipinski definition) is 1. The van der Waals surface area contributed by atoms with Gasteiger partial charge >= 0.3 is 0 Å². The van der Waals surface area contributed by atoms with Crippen molar-refractivity contribution in [1.82, 2.24) is 10.6 Å². The maximum Gasteiger partial charge on any atom is 0.192 e. The van der Waals surface area contributed by atoms with Crippen molar-refractivity contribution in [2.45, 2.75) is 26.2 Å². The van der Waals surface area contributed by atoms with Crippen LogP contribution in [0.15, 0.2) is 29.3 Å². The summed E-state index contributed by atoms with van der Waals surface area (Å²) >= 11 is 6.26. The fourth-order valence-electron chi connectivity index (χ4n) is 1.85. The SMILES string of the molecule is C#CCNC(=NCC(C)(C)c1ccccc1Cl)NCC.I. The Morgan fingerprint density at radius 1 is 1.33 bits per heavy atom. The molecule has 0 aromatic heterocycles. The first-order valence-corrected chi connectivity index (χ1v) is 7.09. The first-order chi connectivity index (χ1) is 9.51. The molecule has 0 aliphatic rings. The molecule has 0 unspecified atom stereocenters. The van der Waals surface area contributed by atoms with E-state index < -0.39 is 0 Å². The summed E-state index contributed by atoms with van der Waals surface area (Å²) in [5, 5.41) is 7.02. The van der Waals surface area contributed by atoms with Crippen molar-refractivity contribution in [3.8, 4) is 12.3 Å². The summed E-state index contributed by atoms with van der Waals surface area (Å²) in [7, 11) is 0. The number of hydrogen-bond donors (Lipinski definition) is 2. The lowest BCUT2D eigenvalue weighted by atomic mass is 9.85. The molecular weight excluding hydrogens is 397 g/mol. The second kappa shape index (κ2) is 9.91. The number of terminal acetylenes is 1. The van der Waals surface area contributed by atoms with Crippen molar-refractivity contribution in [1.29, 1.82) is 0 Å². The van der Waals surface area contributed by atoms with E-state index in [-0.39, 0.29) is 29.4 Å². The number of nitrogens with one attached hydrogen (secondary N) is 2. The summed E-state index contributed by atoms with van der Waals surface area (Å²) in [4.78, 5) is 4.58. The molecule has 0 spiro atoms. The normalized spacial score (nSPS) is 11.3. The van der Waals surface area contributed by atoms with Crippen LogP contribution < -0.4 is 10.6 Å². The van der Waals surface area contributed by atoms with Crippen LogP contribution in [0.5, 0.6) is 0 Å².